The molecule has 1 N–H and O–H groups in total. The number of hydrogen-bond acceptors (Lipinski definition) is 2. The van der Waals surface area contributed by atoms with Crippen molar-refractivity contribution in [1.82, 2.24) is 4.98 Å². The number of aromatic nitrogens is 1. The summed E-state index contributed by atoms with van der Waals surface area (Å²) in [6, 6.07) is 10.2. The summed E-state index contributed by atoms with van der Waals surface area (Å²) in [7, 11) is 0. The van der Waals surface area contributed by atoms with Gasteiger partial charge in [0.2, 0.25) is 0 Å². The number of halogens is 1. The smallest absolute Gasteiger partial charge is 0.0521 e. The Balaban J connectivity index is 1.78. The van der Waals surface area contributed by atoms with Crippen LogP contribution in [0.15, 0.2) is 36.5 Å². The number of aryl methyl sites for hydroxylation is 1. The first kappa shape index (κ1) is 12.5. The molecule has 0 aliphatic heterocycles. The molecule has 2 aromatic rings. The highest BCUT2D eigenvalue weighted by molar-refractivity contribution is 6.32. The number of pyridine rings is 1. The molecule has 2 nitrogen and oxygen atoms in total. The van der Waals surface area contributed by atoms with Crippen molar-refractivity contribution in [3.8, 4) is 0 Å². The van der Waals surface area contributed by atoms with E-state index in [1.165, 1.54) is 24.1 Å². The summed E-state index contributed by atoms with van der Waals surface area (Å²) in [5, 5.41) is 4.29. The van der Waals surface area contributed by atoms with Gasteiger partial charge in [0, 0.05) is 29.7 Å². The van der Waals surface area contributed by atoms with Crippen molar-refractivity contribution in [3.63, 3.8) is 0 Å². The molecule has 0 amide bonds. The lowest BCUT2D eigenvalue weighted by Gasteiger charge is -2.18. The molecule has 0 atom stereocenters. The Morgan fingerprint density at radius 1 is 1.11 bits per heavy atom. The lowest BCUT2D eigenvalue weighted by atomic mass is 9.95. The number of para-hydroxylation sites is 1. The summed E-state index contributed by atoms with van der Waals surface area (Å²) in [6.45, 7) is 0.725. The van der Waals surface area contributed by atoms with Crippen LogP contribution in [0.1, 0.15) is 29.7 Å². The van der Waals surface area contributed by atoms with Gasteiger partial charge in [-0.15, -0.1) is 0 Å². The van der Waals surface area contributed by atoms with Crippen LogP contribution in [0.25, 0.3) is 0 Å². The normalized spacial score (nSPS) is 13.9. The zero-order valence-corrected chi connectivity index (χ0v) is 11.6. The van der Waals surface area contributed by atoms with E-state index in [1.807, 2.05) is 24.4 Å². The lowest BCUT2D eigenvalue weighted by Crippen LogP contribution is -2.09. The second-order valence-electron chi connectivity index (χ2n) is 4.95. The van der Waals surface area contributed by atoms with Crippen molar-refractivity contribution >= 4 is 17.3 Å². The van der Waals surface area contributed by atoms with E-state index in [-0.39, 0.29) is 0 Å². The largest absolute Gasteiger partial charge is 0.381 e. The number of hydrogen-bond donors (Lipinski definition) is 1. The molecule has 1 aliphatic rings. The first-order chi connectivity index (χ1) is 9.34. The van der Waals surface area contributed by atoms with Gasteiger partial charge in [0.15, 0.2) is 0 Å². The van der Waals surface area contributed by atoms with E-state index in [2.05, 4.69) is 22.4 Å². The van der Waals surface area contributed by atoms with Crippen LogP contribution in [0.2, 0.25) is 5.02 Å². The molecule has 1 heterocycles. The minimum absolute atomic E-state index is 0.725. The predicted molar refractivity (Wildman–Crippen MR) is 79.7 cm³/mol. The van der Waals surface area contributed by atoms with Gasteiger partial charge < -0.3 is 5.32 Å². The molecule has 1 aromatic carbocycles. The Labute approximate surface area is 118 Å². The third kappa shape index (κ3) is 2.74. The third-order valence-electron chi connectivity index (χ3n) is 3.62. The topological polar surface area (TPSA) is 24.9 Å². The van der Waals surface area contributed by atoms with Crippen LogP contribution < -0.4 is 5.32 Å². The van der Waals surface area contributed by atoms with Crippen molar-refractivity contribution in [2.75, 3.05) is 5.32 Å². The van der Waals surface area contributed by atoms with Crippen molar-refractivity contribution in [2.45, 2.75) is 32.2 Å². The van der Waals surface area contributed by atoms with Gasteiger partial charge >= 0.3 is 0 Å². The van der Waals surface area contributed by atoms with E-state index < -0.39 is 0 Å². The third-order valence-corrected chi connectivity index (χ3v) is 4.09. The van der Waals surface area contributed by atoms with E-state index in [0.717, 1.165) is 35.7 Å². The van der Waals surface area contributed by atoms with E-state index >= 15 is 0 Å². The number of anilines is 1. The highest BCUT2D eigenvalue weighted by Crippen LogP contribution is 2.29. The zero-order valence-electron chi connectivity index (χ0n) is 10.8. The Morgan fingerprint density at radius 2 is 1.89 bits per heavy atom. The molecule has 0 radical (unpaired) electrons. The van der Waals surface area contributed by atoms with Crippen LogP contribution in [0.3, 0.4) is 0 Å². The molecule has 0 saturated heterocycles. The molecule has 0 bridgehead atoms. The summed E-state index contributed by atoms with van der Waals surface area (Å²) >= 11 is 6.51. The van der Waals surface area contributed by atoms with Gasteiger partial charge in [-0.2, -0.15) is 0 Å². The second kappa shape index (κ2) is 5.62. The molecule has 98 valence electrons. The fraction of sp³-hybridized carbons (Fsp3) is 0.312. The average molecular weight is 273 g/mol. The molecule has 1 aliphatic carbocycles. The van der Waals surface area contributed by atoms with Gasteiger partial charge in [-0.1, -0.05) is 29.8 Å². The quantitative estimate of drug-likeness (QED) is 0.905. The summed E-state index contributed by atoms with van der Waals surface area (Å²) in [5.74, 6) is 0. The second-order valence-corrected chi connectivity index (χ2v) is 5.33. The van der Waals surface area contributed by atoms with Crippen molar-refractivity contribution in [3.05, 3.63) is 58.4 Å². The number of rotatable bonds is 3. The minimum atomic E-state index is 0.725. The monoisotopic (exact) mass is 272 g/mol. The summed E-state index contributed by atoms with van der Waals surface area (Å²) < 4.78 is 0. The van der Waals surface area contributed by atoms with Crippen LogP contribution in [0.5, 0.6) is 0 Å². The van der Waals surface area contributed by atoms with E-state index in [9.17, 15) is 0 Å². The average Bonchev–Trinajstić information content (AvgIpc) is 2.48. The molecular formula is C16H17ClN2. The molecule has 3 rings (SSSR count). The van der Waals surface area contributed by atoms with Crippen LogP contribution in [-0.4, -0.2) is 4.98 Å². The van der Waals surface area contributed by atoms with Crippen LogP contribution >= 0.6 is 11.6 Å². The number of nitrogens with one attached hydrogen (secondary N) is 1. The van der Waals surface area contributed by atoms with Gasteiger partial charge in [0.1, 0.15) is 0 Å². The highest BCUT2D eigenvalue weighted by Gasteiger charge is 2.16. The lowest BCUT2D eigenvalue weighted by molar-refractivity contribution is 0.666. The Bertz CT molecular complexity index is 566. The van der Waals surface area contributed by atoms with Crippen LogP contribution in [0, 0.1) is 0 Å². The van der Waals surface area contributed by atoms with E-state index in [1.54, 1.807) is 0 Å². The number of fused-ring (bicyclic) bond motifs is 1. The predicted octanol–water partition coefficient (Wildman–Crippen LogP) is 4.23. The standard InChI is InChI=1S/C16H17ClN2/c17-16-12(10-18-13-6-2-1-3-7-13)11-19-15-9-5-4-8-14(15)16/h1-3,6-7,11,18H,4-5,8-10H2. The molecular weight excluding hydrogens is 256 g/mol. The summed E-state index contributed by atoms with van der Waals surface area (Å²) in [4.78, 5) is 4.57. The Morgan fingerprint density at radius 3 is 2.74 bits per heavy atom. The first-order valence-electron chi connectivity index (χ1n) is 6.78. The van der Waals surface area contributed by atoms with Crippen molar-refractivity contribution in [2.24, 2.45) is 0 Å². The minimum Gasteiger partial charge on any atom is -0.381 e. The van der Waals surface area contributed by atoms with Crippen LogP contribution in [0.4, 0.5) is 5.69 Å². The zero-order chi connectivity index (χ0) is 13.1. The van der Waals surface area contributed by atoms with Crippen LogP contribution in [-0.2, 0) is 19.4 Å². The van der Waals surface area contributed by atoms with Gasteiger partial charge in [-0.05, 0) is 43.4 Å². The van der Waals surface area contributed by atoms with E-state index in [4.69, 9.17) is 11.6 Å². The maximum Gasteiger partial charge on any atom is 0.0521 e. The summed E-state index contributed by atoms with van der Waals surface area (Å²) in [6.07, 6.45) is 6.52. The van der Waals surface area contributed by atoms with Gasteiger partial charge in [0.25, 0.3) is 0 Å². The fourth-order valence-corrected chi connectivity index (χ4v) is 2.87. The van der Waals surface area contributed by atoms with Gasteiger partial charge in [-0.25, -0.2) is 0 Å². The molecule has 0 fully saturated rings. The molecule has 0 unspecified atom stereocenters. The first-order valence-corrected chi connectivity index (χ1v) is 7.16. The molecule has 0 spiro atoms. The molecule has 19 heavy (non-hydrogen) atoms. The number of benzene rings is 1. The summed E-state index contributed by atoms with van der Waals surface area (Å²) in [5.41, 5.74) is 4.66. The Hall–Kier alpha value is -1.54. The SMILES string of the molecule is Clc1c(CNc2ccccc2)cnc2c1CCCC2. The van der Waals surface area contributed by atoms with Crippen molar-refractivity contribution in [1.29, 1.82) is 0 Å². The Kier molecular flexibility index (Phi) is 3.69. The van der Waals surface area contributed by atoms with Gasteiger partial charge in [0.05, 0.1) is 5.02 Å². The maximum absolute atomic E-state index is 6.51. The molecule has 3 heteroatoms. The fourth-order valence-electron chi connectivity index (χ4n) is 2.55. The van der Waals surface area contributed by atoms with Crippen molar-refractivity contribution < 1.29 is 0 Å². The van der Waals surface area contributed by atoms with Gasteiger partial charge in [-0.3, -0.25) is 4.98 Å². The molecule has 0 saturated carbocycles. The highest BCUT2D eigenvalue weighted by atomic mass is 35.5. The number of nitrogens with zero attached hydrogens (tertiary/aromatic N) is 1. The maximum atomic E-state index is 6.51. The van der Waals surface area contributed by atoms with E-state index in [0.29, 0.717) is 0 Å². The molecule has 1 aromatic heterocycles.